The Morgan fingerprint density at radius 2 is 1.64 bits per heavy atom. The van der Waals surface area contributed by atoms with E-state index in [4.69, 9.17) is 0 Å². The van der Waals surface area contributed by atoms with Crippen LogP contribution in [0.4, 0.5) is 0 Å². The molecule has 1 aliphatic heterocycles. The highest BCUT2D eigenvalue weighted by Crippen LogP contribution is 2.74. The van der Waals surface area contributed by atoms with Crippen molar-refractivity contribution in [2.24, 2.45) is 44.8 Å². The van der Waals surface area contributed by atoms with Gasteiger partial charge in [-0.3, -0.25) is 14.4 Å². The summed E-state index contributed by atoms with van der Waals surface area (Å²) in [6.07, 6.45) is 12.5. The lowest BCUT2D eigenvalue weighted by Gasteiger charge is -2.69. The molecule has 6 rings (SSSR count). The molecule has 1 amide bonds. The molecule has 1 saturated heterocycles. The van der Waals surface area contributed by atoms with Crippen molar-refractivity contribution in [2.75, 3.05) is 6.54 Å². The number of fused-ring (bicyclic) bond motifs is 7. The predicted octanol–water partition coefficient (Wildman–Crippen LogP) is 6.58. The van der Waals surface area contributed by atoms with Crippen LogP contribution in [-0.4, -0.2) is 34.5 Å². The van der Waals surface area contributed by atoms with Gasteiger partial charge >= 0.3 is 0 Å². The van der Waals surface area contributed by atoms with Gasteiger partial charge < -0.3 is 4.90 Å². The van der Waals surface area contributed by atoms with Gasteiger partial charge in [0.15, 0.2) is 11.6 Å². The van der Waals surface area contributed by atoms with Gasteiger partial charge in [0.2, 0.25) is 5.91 Å². The summed E-state index contributed by atoms with van der Waals surface area (Å²) in [5.41, 5.74) is -0.201. The summed E-state index contributed by atoms with van der Waals surface area (Å²) in [6, 6.07) is 2.20. The van der Waals surface area contributed by atoms with Crippen molar-refractivity contribution in [3.63, 3.8) is 0 Å². The van der Waals surface area contributed by atoms with E-state index in [0.29, 0.717) is 6.42 Å². The number of amides is 1. The van der Waals surface area contributed by atoms with E-state index in [1.54, 1.807) is 0 Å². The smallest absolute Gasteiger partial charge is 0.223 e. The van der Waals surface area contributed by atoms with Gasteiger partial charge in [0, 0.05) is 35.3 Å². The molecule has 0 aromatic heterocycles. The van der Waals surface area contributed by atoms with E-state index in [1.165, 1.54) is 0 Å². The molecule has 5 aliphatic carbocycles. The minimum atomic E-state index is -0.643. The standard InChI is InChI=1S/C34H46N2O3/c1-29(2)24-10-11-33(6)25(32(24,5)18-21(20-35)28(29)39)17-23(37)27-22-19-31(4,36-16-8-9-26(36)38)14-12-30(22,3)13-15-34(27,33)7/h17-18,22,24,27H,8-16,19H2,1-7H3/t22-,24-,27-,30+,31-,32-,33+,34+/m0/s1. The number of hydrogen-bond donors (Lipinski definition) is 0. The Hall–Kier alpha value is -2.22. The largest absolute Gasteiger partial charge is 0.337 e. The van der Waals surface area contributed by atoms with Crippen molar-refractivity contribution in [1.29, 1.82) is 5.26 Å². The molecule has 8 atom stereocenters. The molecule has 0 aromatic rings. The maximum absolute atomic E-state index is 14.5. The molecular formula is C34H46N2O3. The highest BCUT2D eigenvalue weighted by Gasteiger charge is 2.69. The summed E-state index contributed by atoms with van der Waals surface area (Å²) in [5.74, 6) is 0.695. The zero-order chi connectivity index (χ0) is 28.4. The maximum Gasteiger partial charge on any atom is 0.223 e. The first-order valence-electron chi connectivity index (χ1n) is 15.3. The van der Waals surface area contributed by atoms with Crippen molar-refractivity contribution in [1.82, 2.24) is 4.90 Å². The molecule has 39 heavy (non-hydrogen) atoms. The van der Waals surface area contributed by atoms with Crippen LogP contribution in [0.1, 0.15) is 106 Å². The predicted molar refractivity (Wildman–Crippen MR) is 150 cm³/mol. The van der Waals surface area contributed by atoms with Gasteiger partial charge in [-0.2, -0.15) is 5.26 Å². The molecule has 5 heteroatoms. The van der Waals surface area contributed by atoms with E-state index < -0.39 is 10.8 Å². The minimum absolute atomic E-state index is 0.0608. The van der Waals surface area contributed by atoms with Crippen LogP contribution in [-0.2, 0) is 14.4 Å². The van der Waals surface area contributed by atoms with Crippen LogP contribution in [0.3, 0.4) is 0 Å². The third kappa shape index (κ3) is 3.21. The number of carbonyl (C=O) groups excluding carboxylic acids is 3. The maximum atomic E-state index is 14.5. The molecule has 6 aliphatic rings. The van der Waals surface area contributed by atoms with Gasteiger partial charge in [0.05, 0.1) is 5.57 Å². The zero-order valence-corrected chi connectivity index (χ0v) is 25.1. The fourth-order valence-corrected chi connectivity index (χ4v) is 11.2. The average Bonchev–Trinajstić information content (AvgIpc) is 3.31. The third-order valence-corrected chi connectivity index (χ3v) is 13.8. The second-order valence-electron chi connectivity index (χ2n) is 15.9. The summed E-state index contributed by atoms with van der Waals surface area (Å²) in [5, 5.41) is 9.91. The van der Waals surface area contributed by atoms with Gasteiger partial charge in [0.25, 0.3) is 0 Å². The van der Waals surface area contributed by atoms with Crippen LogP contribution >= 0.6 is 0 Å². The molecule has 0 radical (unpaired) electrons. The fourth-order valence-electron chi connectivity index (χ4n) is 11.2. The summed E-state index contributed by atoms with van der Waals surface area (Å²) >= 11 is 0. The monoisotopic (exact) mass is 530 g/mol. The molecule has 210 valence electrons. The quantitative estimate of drug-likeness (QED) is 0.384. The first kappa shape index (κ1) is 27.0. The van der Waals surface area contributed by atoms with E-state index >= 15 is 0 Å². The number of ketones is 2. The second kappa shape index (κ2) is 7.95. The number of Topliss-reactive ketones (excluding diaryl/α,β-unsaturated/α-hetero) is 1. The molecule has 0 spiro atoms. The minimum Gasteiger partial charge on any atom is -0.337 e. The Morgan fingerprint density at radius 1 is 0.949 bits per heavy atom. The lowest BCUT2D eigenvalue weighted by molar-refractivity contribution is -0.172. The Balaban J connectivity index is 1.47. The number of nitriles is 1. The highest BCUT2D eigenvalue weighted by atomic mass is 16.2. The summed E-state index contributed by atoms with van der Waals surface area (Å²) < 4.78 is 0. The summed E-state index contributed by atoms with van der Waals surface area (Å²) in [6.45, 7) is 16.5. The number of likely N-dealkylation sites (tertiary alicyclic amines) is 1. The van der Waals surface area contributed by atoms with Crippen molar-refractivity contribution in [2.45, 2.75) is 112 Å². The number of hydrogen-bond acceptors (Lipinski definition) is 4. The lowest BCUT2D eigenvalue weighted by atomic mass is 9.34. The van der Waals surface area contributed by atoms with Gasteiger partial charge in [0.1, 0.15) is 6.07 Å². The van der Waals surface area contributed by atoms with Crippen LogP contribution in [0, 0.1) is 56.2 Å². The zero-order valence-electron chi connectivity index (χ0n) is 25.1. The van der Waals surface area contributed by atoms with Crippen LogP contribution in [0.25, 0.3) is 0 Å². The first-order chi connectivity index (χ1) is 18.1. The lowest BCUT2D eigenvalue weighted by Crippen LogP contribution is -2.66. The second-order valence-corrected chi connectivity index (χ2v) is 15.9. The van der Waals surface area contributed by atoms with Crippen LogP contribution < -0.4 is 0 Å². The van der Waals surface area contributed by atoms with Crippen LogP contribution in [0.15, 0.2) is 23.3 Å². The number of rotatable bonds is 1. The topological polar surface area (TPSA) is 78.2 Å². The van der Waals surface area contributed by atoms with E-state index in [1.807, 2.05) is 26.0 Å². The molecule has 5 nitrogen and oxygen atoms in total. The normalized spacial score (nSPS) is 48.7. The molecule has 3 saturated carbocycles. The van der Waals surface area contributed by atoms with Crippen molar-refractivity contribution in [3.8, 4) is 6.07 Å². The Morgan fingerprint density at radius 3 is 2.28 bits per heavy atom. The van der Waals surface area contributed by atoms with Crippen molar-refractivity contribution >= 4 is 17.5 Å². The Bertz CT molecular complexity index is 1290. The van der Waals surface area contributed by atoms with Crippen LogP contribution in [0.5, 0.6) is 0 Å². The van der Waals surface area contributed by atoms with Crippen molar-refractivity contribution < 1.29 is 14.4 Å². The van der Waals surface area contributed by atoms with Gasteiger partial charge in [-0.15, -0.1) is 0 Å². The number of allylic oxidation sites excluding steroid dienone is 4. The van der Waals surface area contributed by atoms with E-state index in [-0.39, 0.29) is 62.6 Å². The third-order valence-electron chi connectivity index (χ3n) is 13.8. The number of nitrogens with zero attached hydrogens (tertiary/aromatic N) is 2. The Labute approximate surface area is 234 Å². The van der Waals surface area contributed by atoms with Gasteiger partial charge in [-0.25, -0.2) is 0 Å². The van der Waals surface area contributed by atoms with Crippen molar-refractivity contribution in [3.05, 3.63) is 23.3 Å². The van der Waals surface area contributed by atoms with E-state index in [2.05, 4.69) is 45.6 Å². The molecule has 0 N–H and O–H groups in total. The highest BCUT2D eigenvalue weighted by molar-refractivity contribution is 6.04. The van der Waals surface area contributed by atoms with Crippen LogP contribution in [0.2, 0.25) is 0 Å². The molecule has 0 aromatic carbocycles. The average molecular weight is 531 g/mol. The SMILES string of the molecule is CC1(C)C(=O)C(C#N)=C[C@]2(C)C3=CC(=O)[C@@H]4[C@@H]5C[C@@](C)(N6CCCC6=O)CC[C@]5(C)CC[C@@]4(C)[C@]3(C)CC[C@@H]12. The molecule has 4 fully saturated rings. The summed E-state index contributed by atoms with van der Waals surface area (Å²) in [4.78, 5) is 42.8. The Kier molecular flexibility index (Phi) is 5.50. The molecule has 0 unspecified atom stereocenters. The number of carbonyl (C=O) groups is 3. The molecule has 1 heterocycles. The fraction of sp³-hybridized carbons (Fsp3) is 0.765. The summed E-state index contributed by atoms with van der Waals surface area (Å²) in [7, 11) is 0. The van der Waals surface area contributed by atoms with E-state index in [0.717, 1.165) is 63.5 Å². The molecule has 0 bridgehead atoms. The van der Waals surface area contributed by atoms with Gasteiger partial charge in [-0.05, 0) is 92.4 Å². The first-order valence-corrected chi connectivity index (χ1v) is 15.3. The molecular weight excluding hydrogens is 484 g/mol. The van der Waals surface area contributed by atoms with Gasteiger partial charge in [-0.1, -0.05) is 53.2 Å². The van der Waals surface area contributed by atoms with E-state index in [9.17, 15) is 19.6 Å².